The number of nitrogens with zero attached hydrogens (tertiary/aromatic N) is 2. The molecule has 0 aliphatic carbocycles. The molecule has 0 aromatic heterocycles. The summed E-state index contributed by atoms with van der Waals surface area (Å²) in [5, 5.41) is 3.20. The smallest absolute Gasteiger partial charge is 0.237 e. The van der Waals surface area contributed by atoms with E-state index in [2.05, 4.69) is 29.3 Å². The highest BCUT2D eigenvalue weighted by Crippen LogP contribution is 2.19. The fourth-order valence-corrected chi connectivity index (χ4v) is 3.18. The summed E-state index contributed by atoms with van der Waals surface area (Å²) in [7, 11) is 0. The topological polar surface area (TPSA) is 52.7 Å². The largest absolute Gasteiger partial charge is 0.348 e. The average molecular weight is 331 g/mol. The maximum Gasteiger partial charge on any atom is 0.237 e. The van der Waals surface area contributed by atoms with Crippen LogP contribution in [0.5, 0.6) is 0 Å². The van der Waals surface area contributed by atoms with Crippen molar-refractivity contribution in [2.45, 2.75) is 45.7 Å². The molecule has 0 radical (unpaired) electrons. The van der Waals surface area contributed by atoms with Crippen LogP contribution in [0.4, 0.5) is 0 Å². The molecule has 0 spiro atoms. The third-order valence-corrected chi connectivity index (χ3v) is 4.78. The molecule has 24 heavy (non-hydrogen) atoms. The Morgan fingerprint density at radius 3 is 2.29 bits per heavy atom. The molecule has 5 heteroatoms. The maximum atomic E-state index is 12.7. The average Bonchev–Trinajstić information content (AvgIpc) is 2.61. The number of nitrogens with one attached hydrogen (secondary N) is 1. The van der Waals surface area contributed by atoms with Crippen molar-refractivity contribution >= 4 is 11.8 Å². The Balaban J connectivity index is 1.93. The van der Waals surface area contributed by atoms with Crippen molar-refractivity contribution in [3.8, 4) is 0 Å². The summed E-state index contributed by atoms with van der Waals surface area (Å²) in [5.41, 5.74) is 1.15. The zero-order chi connectivity index (χ0) is 17.5. The first-order valence-corrected chi connectivity index (χ1v) is 8.87. The van der Waals surface area contributed by atoms with Crippen LogP contribution in [0, 0.1) is 0 Å². The Morgan fingerprint density at radius 2 is 1.75 bits per heavy atom. The first-order valence-electron chi connectivity index (χ1n) is 8.87. The van der Waals surface area contributed by atoms with Gasteiger partial charge in [-0.2, -0.15) is 0 Å². The summed E-state index contributed by atoms with van der Waals surface area (Å²) < 4.78 is 0. The van der Waals surface area contributed by atoms with Gasteiger partial charge in [-0.05, 0) is 18.9 Å². The maximum absolute atomic E-state index is 12.7. The molecule has 1 aromatic rings. The molecule has 1 saturated heterocycles. The number of amides is 2. The molecule has 2 atom stereocenters. The van der Waals surface area contributed by atoms with Crippen LogP contribution in [0.3, 0.4) is 0 Å². The number of piperazine rings is 1. The van der Waals surface area contributed by atoms with Gasteiger partial charge in [0.05, 0.1) is 12.1 Å². The molecule has 1 aliphatic rings. The van der Waals surface area contributed by atoms with Crippen molar-refractivity contribution in [2.24, 2.45) is 0 Å². The van der Waals surface area contributed by atoms with E-state index in [-0.39, 0.29) is 23.9 Å². The minimum Gasteiger partial charge on any atom is -0.348 e. The van der Waals surface area contributed by atoms with Crippen LogP contribution in [0.25, 0.3) is 0 Å². The molecule has 132 valence electrons. The molecule has 0 bridgehead atoms. The normalized spacial score (nSPS) is 18.0. The third kappa shape index (κ3) is 4.81. The van der Waals surface area contributed by atoms with E-state index in [1.165, 1.54) is 0 Å². The Morgan fingerprint density at radius 1 is 1.12 bits per heavy atom. The van der Waals surface area contributed by atoms with Crippen LogP contribution in [-0.4, -0.2) is 53.8 Å². The quantitative estimate of drug-likeness (QED) is 0.869. The molecule has 1 N–H and O–H groups in total. The Labute approximate surface area is 145 Å². The zero-order valence-corrected chi connectivity index (χ0v) is 15.0. The van der Waals surface area contributed by atoms with Crippen molar-refractivity contribution in [3.05, 3.63) is 35.9 Å². The lowest BCUT2D eigenvalue weighted by molar-refractivity contribution is -0.132. The summed E-state index contributed by atoms with van der Waals surface area (Å²) >= 11 is 0. The van der Waals surface area contributed by atoms with Gasteiger partial charge in [0.2, 0.25) is 11.8 Å². The van der Waals surface area contributed by atoms with Gasteiger partial charge in [0.25, 0.3) is 0 Å². The molecule has 0 saturated carbocycles. The SMILES string of the molecule is CCC[C@H](NC(=O)[C@@H](C)N1CCN(C(C)=O)CC1)c1ccccc1. The fourth-order valence-electron chi connectivity index (χ4n) is 3.18. The number of carbonyl (C=O) groups excluding carboxylic acids is 2. The van der Waals surface area contributed by atoms with Crippen molar-refractivity contribution in [1.29, 1.82) is 0 Å². The van der Waals surface area contributed by atoms with Crippen LogP contribution in [-0.2, 0) is 9.59 Å². The van der Waals surface area contributed by atoms with Crippen molar-refractivity contribution in [2.75, 3.05) is 26.2 Å². The molecular weight excluding hydrogens is 302 g/mol. The molecular formula is C19H29N3O2. The van der Waals surface area contributed by atoms with E-state index >= 15 is 0 Å². The molecule has 5 nitrogen and oxygen atoms in total. The first-order chi connectivity index (χ1) is 11.5. The molecule has 1 heterocycles. The lowest BCUT2D eigenvalue weighted by Gasteiger charge is -2.37. The summed E-state index contributed by atoms with van der Waals surface area (Å²) in [6, 6.07) is 10.0. The summed E-state index contributed by atoms with van der Waals surface area (Å²) in [5.74, 6) is 0.174. The molecule has 2 rings (SSSR count). The highest BCUT2D eigenvalue weighted by Gasteiger charge is 2.27. The number of carbonyl (C=O) groups is 2. The van der Waals surface area contributed by atoms with Gasteiger partial charge in [-0.25, -0.2) is 0 Å². The van der Waals surface area contributed by atoms with E-state index in [9.17, 15) is 9.59 Å². The van der Waals surface area contributed by atoms with Gasteiger partial charge in [0, 0.05) is 33.1 Å². The standard InChI is InChI=1S/C19H29N3O2/c1-4-8-18(17-9-6-5-7-10-17)20-19(24)15(2)21-11-13-22(14-12-21)16(3)23/h5-7,9-10,15,18H,4,8,11-14H2,1-3H3,(H,20,24)/t15-,18+/m1/s1. The highest BCUT2D eigenvalue weighted by atomic mass is 16.2. The molecule has 1 aromatic carbocycles. The van der Waals surface area contributed by atoms with Crippen molar-refractivity contribution in [3.63, 3.8) is 0 Å². The monoisotopic (exact) mass is 331 g/mol. The lowest BCUT2D eigenvalue weighted by Crippen LogP contribution is -2.54. The Bertz CT molecular complexity index is 539. The van der Waals surface area contributed by atoms with Crippen LogP contribution >= 0.6 is 0 Å². The third-order valence-electron chi connectivity index (χ3n) is 4.78. The number of benzene rings is 1. The van der Waals surface area contributed by atoms with Crippen molar-refractivity contribution in [1.82, 2.24) is 15.1 Å². The highest BCUT2D eigenvalue weighted by molar-refractivity contribution is 5.81. The second-order valence-corrected chi connectivity index (χ2v) is 6.48. The Kier molecular flexibility index (Phi) is 6.79. The lowest BCUT2D eigenvalue weighted by atomic mass is 10.0. The van der Waals surface area contributed by atoms with E-state index in [1.54, 1.807) is 6.92 Å². The van der Waals surface area contributed by atoms with Gasteiger partial charge < -0.3 is 10.2 Å². The number of rotatable bonds is 6. The fraction of sp³-hybridized carbons (Fsp3) is 0.579. The van der Waals surface area contributed by atoms with Crippen LogP contribution < -0.4 is 5.32 Å². The first kappa shape index (κ1) is 18.5. The molecule has 2 amide bonds. The Hall–Kier alpha value is -1.88. The predicted octanol–water partition coefficient (Wildman–Crippen LogP) is 2.20. The molecule has 1 fully saturated rings. The minimum absolute atomic E-state index is 0.0599. The van der Waals surface area contributed by atoms with Gasteiger partial charge in [0.1, 0.15) is 0 Å². The second-order valence-electron chi connectivity index (χ2n) is 6.48. The summed E-state index contributed by atoms with van der Waals surface area (Å²) in [4.78, 5) is 28.1. The predicted molar refractivity (Wildman–Crippen MR) is 95.5 cm³/mol. The van der Waals surface area contributed by atoms with Crippen LogP contribution in [0.2, 0.25) is 0 Å². The van der Waals surface area contributed by atoms with Gasteiger partial charge in [-0.3, -0.25) is 14.5 Å². The van der Waals surface area contributed by atoms with Gasteiger partial charge in [0.15, 0.2) is 0 Å². The van der Waals surface area contributed by atoms with Gasteiger partial charge in [-0.15, -0.1) is 0 Å². The minimum atomic E-state index is -0.179. The zero-order valence-electron chi connectivity index (χ0n) is 15.0. The van der Waals surface area contributed by atoms with Crippen LogP contribution in [0.15, 0.2) is 30.3 Å². The summed E-state index contributed by atoms with van der Waals surface area (Å²) in [6.07, 6.45) is 1.95. The van der Waals surface area contributed by atoms with Gasteiger partial charge in [-0.1, -0.05) is 43.7 Å². The summed E-state index contributed by atoms with van der Waals surface area (Å²) in [6.45, 7) is 8.57. The van der Waals surface area contributed by atoms with E-state index in [0.717, 1.165) is 31.5 Å². The van der Waals surface area contributed by atoms with Gasteiger partial charge >= 0.3 is 0 Å². The number of hydrogen-bond donors (Lipinski definition) is 1. The van der Waals surface area contributed by atoms with Crippen LogP contribution in [0.1, 0.15) is 45.2 Å². The van der Waals surface area contributed by atoms with Crippen molar-refractivity contribution < 1.29 is 9.59 Å². The van der Waals surface area contributed by atoms with E-state index in [4.69, 9.17) is 0 Å². The van der Waals surface area contributed by atoms with E-state index in [1.807, 2.05) is 30.0 Å². The molecule has 1 aliphatic heterocycles. The van der Waals surface area contributed by atoms with E-state index < -0.39 is 0 Å². The molecule has 0 unspecified atom stereocenters. The number of hydrogen-bond acceptors (Lipinski definition) is 3. The van der Waals surface area contributed by atoms with E-state index in [0.29, 0.717) is 13.1 Å². The second kappa shape index (κ2) is 8.83.